The summed E-state index contributed by atoms with van der Waals surface area (Å²) in [5, 5.41) is 0.898. The molecule has 124 valence electrons. The average molecular weight is 376 g/mol. The zero-order chi connectivity index (χ0) is 17.3. The van der Waals surface area contributed by atoms with Crippen molar-refractivity contribution in [3.05, 3.63) is 64.7 Å². The van der Waals surface area contributed by atoms with E-state index in [1.165, 1.54) is 28.7 Å². The van der Waals surface area contributed by atoms with Crippen LogP contribution in [0.4, 0.5) is 0 Å². The standard InChI is InChI=1S/C18H17NO2S3/c1-12-4-8-15(9-5-12)23-18-17(19-14(3)22-18)24(20,21)16-10-6-13(2)7-11-16/h4-11H,1-3H3. The number of aromatic nitrogens is 1. The Morgan fingerprint density at radius 3 is 2.00 bits per heavy atom. The molecule has 0 spiro atoms. The molecule has 0 unspecified atom stereocenters. The van der Waals surface area contributed by atoms with Crippen molar-refractivity contribution in [2.75, 3.05) is 0 Å². The SMILES string of the molecule is Cc1ccc(Sc2sc(C)nc2S(=O)(=O)c2ccc(C)cc2)cc1. The third kappa shape index (κ3) is 3.55. The highest BCUT2D eigenvalue weighted by molar-refractivity contribution is 8.02. The minimum atomic E-state index is -3.62. The van der Waals surface area contributed by atoms with Gasteiger partial charge in [0, 0.05) is 4.90 Å². The molecule has 3 aromatic rings. The second-order valence-corrected chi connectivity index (χ2v) is 9.97. The first kappa shape index (κ1) is 17.2. The van der Waals surface area contributed by atoms with Crippen LogP contribution in [-0.4, -0.2) is 13.4 Å². The monoisotopic (exact) mass is 375 g/mol. The van der Waals surface area contributed by atoms with E-state index >= 15 is 0 Å². The topological polar surface area (TPSA) is 47.0 Å². The third-order valence-corrected chi connectivity index (χ3v) is 7.60. The van der Waals surface area contributed by atoms with E-state index in [2.05, 4.69) is 4.98 Å². The fourth-order valence-electron chi connectivity index (χ4n) is 2.17. The van der Waals surface area contributed by atoms with E-state index < -0.39 is 9.84 Å². The van der Waals surface area contributed by atoms with Crippen molar-refractivity contribution in [3.8, 4) is 0 Å². The summed E-state index contributed by atoms with van der Waals surface area (Å²) in [7, 11) is -3.62. The molecule has 1 heterocycles. The van der Waals surface area contributed by atoms with Crippen molar-refractivity contribution < 1.29 is 8.42 Å². The Kier molecular flexibility index (Phi) is 4.80. The van der Waals surface area contributed by atoms with Gasteiger partial charge in [-0.3, -0.25) is 0 Å². The van der Waals surface area contributed by atoms with Crippen LogP contribution in [0.3, 0.4) is 0 Å². The Balaban J connectivity index is 2.02. The lowest BCUT2D eigenvalue weighted by Crippen LogP contribution is -2.03. The molecular weight excluding hydrogens is 358 g/mol. The van der Waals surface area contributed by atoms with E-state index in [-0.39, 0.29) is 9.92 Å². The minimum Gasteiger partial charge on any atom is -0.228 e. The van der Waals surface area contributed by atoms with Gasteiger partial charge in [-0.15, -0.1) is 11.3 Å². The van der Waals surface area contributed by atoms with Gasteiger partial charge in [-0.2, -0.15) is 0 Å². The molecule has 0 amide bonds. The highest BCUT2D eigenvalue weighted by atomic mass is 32.2. The predicted octanol–water partition coefficient (Wildman–Crippen LogP) is 5.05. The first-order valence-electron chi connectivity index (χ1n) is 7.40. The smallest absolute Gasteiger partial charge is 0.225 e. The molecule has 3 nitrogen and oxygen atoms in total. The Labute approximate surface area is 150 Å². The van der Waals surface area contributed by atoms with Crippen molar-refractivity contribution in [3.63, 3.8) is 0 Å². The summed E-state index contributed by atoms with van der Waals surface area (Å²) in [6, 6.07) is 14.9. The molecule has 0 bridgehead atoms. The Morgan fingerprint density at radius 2 is 1.42 bits per heavy atom. The van der Waals surface area contributed by atoms with E-state index in [4.69, 9.17) is 0 Å². The van der Waals surface area contributed by atoms with Crippen LogP contribution in [-0.2, 0) is 9.84 Å². The highest BCUT2D eigenvalue weighted by Crippen LogP contribution is 2.39. The van der Waals surface area contributed by atoms with Gasteiger partial charge in [0.15, 0.2) is 5.03 Å². The number of aryl methyl sites for hydroxylation is 3. The van der Waals surface area contributed by atoms with Gasteiger partial charge in [0.25, 0.3) is 0 Å². The molecule has 0 N–H and O–H groups in total. The molecule has 24 heavy (non-hydrogen) atoms. The number of thiazole rings is 1. The summed E-state index contributed by atoms with van der Waals surface area (Å²) in [6.45, 7) is 5.79. The molecule has 3 rings (SSSR count). The minimum absolute atomic E-state index is 0.152. The van der Waals surface area contributed by atoms with E-state index in [9.17, 15) is 8.42 Å². The lowest BCUT2D eigenvalue weighted by Gasteiger charge is -2.05. The summed E-state index contributed by atoms with van der Waals surface area (Å²) in [4.78, 5) is 5.59. The second kappa shape index (κ2) is 6.70. The maximum atomic E-state index is 13.0. The van der Waals surface area contributed by atoms with Crippen molar-refractivity contribution in [1.82, 2.24) is 4.98 Å². The molecule has 0 aliphatic heterocycles. The van der Waals surface area contributed by atoms with E-state index in [0.29, 0.717) is 4.21 Å². The zero-order valence-electron chi connectivity index (χ0n) is 13.6. The summed E-state index contributed by atoms with van der Waals surface area (Å²) >= 11 is 2.86. The van der Waals surface area contributed by atoms with Crippen LogP contribution in [0.15, 0.2) is 67.6 Å². The molecule has 6 heteroatoms. The summed E-state index contributed by atoms with van der Waals surface area (Å²) in [5.74, 6) is 0. The van der Waals surface area contributed by atoms with Crippen molar-refractivity contribution in [1.29, 1.82) is 0 Å². The van der Waals surface area contributed by atoms with Gasteiger partial charge in [-0.1, -0.05) is 47.2 Å². The molecule has 0 atom stereocenters. The number of benzene rings is 2. The summed E-state index contributed by atoms with van der Waals surface area (Å²) in [6.07, 6.45) is 0. The first-order chi connectivity index (χ1) is 11.4. The van der Waals surface area contributed by atoms with Crippen LogP contribution in [0, 0.1) is 20.8 Å². The van der Waals surface area contributed by atoms with Gasteiger partial charge in [-0.05, 0) is 45.0 Å². The second-order valence-electron chi connectivity index (χ2n) is 5.56. The van der Waals surface area contributed by atoms with Gasteiger partial charge in [0.1, 0.15) is 4.21 Å². The lowest BCUT2D eigenvalue weighted by atomic mass is 10.2. The molecule has 0 radical (unpaired) electrons. The van der Waals surface area contributed by atoms with Crippen molar-refractivity contribution in [2.45, 2.75) is 39.8 Å². The molecular formula is C18H17NO2S3. The number of nitrogens with zero attached hydrogens (tertiary/aromatic N) is 1. The number of hydrogen-bond donors (Lipinski definition) is 0. The van der Waals surface area contributed by atoms with Gasteiger partial charge in [-0.25, -0.2) is 13.4 Å². The third-order valence-electron chi connectivity index (χ3n) is 3.49. The molecule has 0 aliphatic carbocycles. The molecule has 1 aromatic heterocycles. The van der Waals surface area contributed by atoms with Crippen LogP contribution in [0.2, 0.25) is 0 Å². The summed E-state index contributed by atoms with van der Waals surface area (Å²) in [5.41, 5.74) is 2.20. The van der Waals surface area contributed by atoms with E-state index in [1.807, 2.05) is 45.0 Å². The number of hydrogen-bond acceptors (Lipinski definition) is 5. The quantitative estimate of drug-likeness (QED) is 0.640. The Morgan fingerprint density at radius 1 is 0.875 bits per heavy atom. The molecule has 0 aliphatic rings. The van der Waals surface area contributed by atoms with Gasteiger partial charge >= 0.3 is 0 Å². The molecule has 0 saturated carbocycles. The zero-order valence-corrected chi connectivity index (χ0v) is 16.1. The van der Waals surface area contributed by atoms with Gasteiger partial charge < -0.3 is 0 Å². The molecule has 2 aromatic carbocycles. The van der Waals surface area contributed by atoms with Crippen LogP contribution in [0.25, 0.3) is 0 Å². The Bertz CT molecular complexity index is 957. The number of rotatable bonds is 4. The fraction of sp³-hybridized carbons (Fsp3) is 0.167. The molecule has 0 saturated heterocycles. The normalized spacial score (nSPS) is 11.6. The Hall–Kier alpha value is -1.63. The fourth-order valence-corrected chi connectivity index (χ4v) is 6.30. The largest absolute Gasteiger partial charge is 0.228 e. The van der Waals surface area contributed by atoms with Crippen LogP contribution < -0.4 is 0 Å². The van der Waals surface area contributed by atoms with E-state index in [1.54, 1.807) is 24.3 Å². The highest BCUT2D eigenvalue weighted by Gasteiger charge is 2.26. The number of sulfone groups is 1. The van der Waals surface area contributed by atoms with Crippen molar-refractivity contribution in [2.24, 2.45) is 0 Å². The van der Waals surface area contributed by atoms with Crippen molar-refractivity contribution >= 4 is 32.9 Å². The summed E-state index contributed by atoms with van der Waals surface area (Å²) < 4.78 is 26.6. The van der Waals surface area contributed by atoms with Crippen LogP contribution >= 0.6 is 23.1 Å². The maximum absolute atomic E-state index is 13.0. The van der Waals surface area contributed by atoms with Gasteiger partial charge in [0.05, 0.1) is 9.90 Å². The predicted molar refractivity (Wildman–Crippen MR) is 98.8 cm³/mol. The van der Waals surface area contributed by atoms with Crippen LogP contribution in [0.1, 0.15) is 16.1 Å². The molecule has 0 fully saturated rings. The first-order valence-corrected chi connectivity index (χ1v) is 10.5. The van der Waals surface area contributed by atoms with E-state index in [0.717, 1.165) is 15.5 Å². The average Bonchev–Trinajstić information content (AvgIpc) is 2.91. The van der Waals surface area contributed by atoms with Crippen LogP contribution in [0.5, 0.6) is 0 Å². The van der Waals surface area contributed by atoms with Gasteiger partial charge in [0.2, 0.25) is 9.84 Å². The maximum Gasteiger partial charge on any atom is 0.225 e. The lowest BCUT2D eigenvalue weighted by molar-refractivity contribution is 0.590.